The molecule has 2 N–H and O–H groups in total. The number of benzene rings is 3. The van der Waals surface area contributed by atoms with Crippen LogP contribution in [-0.4, -0.2) is 41.8 Å². The van der Waals surface area contributed by atoms with Crippen LogP contribution in [-0.2, 0) is 11.3 Å². The van der Waals surface area contributed by atoms with E-state index in [1.807, 2.05) is 18.2 Å². The number of carbonyl (C=O) groups is 1. The number of hydrazone groups is 1. The molecule has 0 radical (unpaired) electrons. The lowest BCUT2D eigenvalue weighted by atomic mass is 9.79. The van der Waals surface area contributed by atoms with E-state index in [4.69, 9.17) is 4.98 Å². The first-order valence-corrected chi connectivity index (χ1v) is 13.3. The van der Waals surface area contributed by atoms with Gasteiger partial charge in [0.15, 0.2) is 5.82 Å². The van der Waals surface area contributed by atoms with Gasteiger partial charge in [0.2, 0.25) is 5.91 Å². The quantitative estimate of drug-likeness (QED) is 0.328. The van der Waals surface area contributed by atoms with Crippen LogP contribution < -0.4 is 5.43 Å². The van der Waals surface area contributed by atoms with Crippen LogP contribution in [0.4, 0.5) is 0 Å². The normalized spacial score (nSPS) is 16.8. The van der Waals surface area contributed by atoms with Gasteiger partial charge in [-0.3, -0.25) is 4.79 Å². The van der Waals surface area contributed by atoms with Crippen LogP contribution in [0.1, 0.15) is 56.0 Å². The van der Waals surface area contributed by atoms with Gasteiger partial charge in [0.1, 0.15) is 5.82 Å². The number of nitrogens with one attached hydrogen (secondary N) is 2. The fourth-order valence-corrected chi connectivity index (χ4v) is 5.65. The summed E-state index contributed by atoms with van der Waals surface area (Å²) in [6.07, 6.45) is 2.72. The van der Waals surface area contributed by atoms with Gasteiger partial charge in [0, 0.05) is 35.4 Å². The second-order valence-corrected chi connectivity index (χ2v) is 11.0. The Kier molecular flexibility index (Phi) is 5.40. The van der Waals surface area contributed by atoms with Crippen LogP contribution in [0.3, 0.4) is 0 Å². The van der Waals surface area contributed by atoms with Gasteiger partial charge < -0.3 is 4.57 Å². The summed E-state index contributed by atoms with van der Waals surface area (Å²) in [5.74, 6) is 2.19. The largest absolute Gasteiger partial charge is 0.323 e. The van der Waals surface area contributed by atoms with Gasteiger partial charge in [-0.2, -0.15) is 5.10 Å². The third-order valence-electron chi connectivity index (χ3n) is 7.69. The average Bonchev–Trinajstić information content (AvgIpc) is 3.50. The minimum Gasteiger partial charge on any atom is -0.323 e. The number of H-pyrrole nitrogens is 1. The molecule has 1 amide bonds. The lowest BCUT2D eigenvalue weighted by molar-refractivity contribution is -0.122. The predicted octanol–water partition coefficient (Wildman–Crippen LogP) is 5.06. The number of imidazole rings is 1. The van der Waals surface area contributed by atoms with E-state index in [9.17, 15) is 4.79 Å². The third-order valence-corrected chi connectivity index (χ3v) is 7.69. The first-order chi connectivity index (χ1) is 19.0. The SMILES string of the molecule is CC1(C)CC(=O)NN=C1c1ccc2nc(C3CC3)n(Cc3ccccc3-c3ccccc3-c3nnn[nH]3)c2c1. The molecule has 3 aromatic carbocycles. The molecule has 1 saturated carbocycles. The van der Waals surface area contributed by atoms with Crippen LogP contribution in [0.15, 0.2) is 71.8 Å². The molecular formula is C30H28N8O. The second kappa shape index (κ2) is 8.97. The molecule has 39 heavy (non-hydrogen) atoms. The number of aromatic amines is 1. The molecule has 0 saturated heterocycles. The zero-order valence-electron chi connectivity index (χ0n) is 21.8. The molecule has 0 unspecified atom stereocenters. The Balaban J connectivity index is 1.35. The van der Waals surface area contributed by atoms with Crippen LogP contribution in [0.5, 0.6) is 0 Å². The number of tetrazole rings is 1. The van der Waals surface area contributed by atoms with E-state index in [2.05, 4.69) is 98.1 Å². The molecule has 7 rings (SSSR count). The minimum atomic E-state index is -0.355. The van der Waals surface area contributed by atoms with Crippen molar-refractivity contribution in [3.8, 4) is 22.5 Å². The summed E-state index contributed by atoms with van der Waals surface area (Å²) >= 11 is 0. The van der Waals surface area contributed by atoms with E-state index in [0.717, 1.165) is 57.7 Å². The van der Waals surface area contributed by atoms with Gasteiger partial charge in [-0.05, 0) is 52.1 Å². The highest BCUT2D eigenvalue weighted by atomic mass is 16.2. The molecule has 5 aromatic rings. The zero-order chi connectivity index (χ0) is 26.6. The van der Waals surface area contributed by atoms with Crippen molar-refractivity contribution in [2.24, 2.45) is 10.5 Å². The molecular weight excluding hydrogens is 488 g/mol. The summed E-state index contributed by atoms with van der Waals surface area (Å²) in [6, 6.07) is 23.0. The molecule has 0 spiro atoms. The van der Waals surface area contributed by atoms with Crippen LogP contribution in [0, 0.1) is 5.41 Å². The molecule has 0 bridgehead atoms. The van der Waals surface area contributed by atoms with Crippen molar-refractivity contribution in [2.45, 2.75) is 45.6 Å². The lowest BCUT2D eigenvalue weighted by Gasteiger charge is -2.29. The highest BCUT2D eigenvalue weighted by Crippen LogP contribution is 2.42. The molecule has 194 valence electrons. The Morgan fingerprint density at radius 2 is 1.74 bits per heavy atom. The number of rotatable bonds is 6. The maximum absolute atomic E-state index is 12.0. The van der Waals surface area contributed by atoms with Crippen molar-refractivity contribution < 1.29 is 4.79 Å². The molecule has 3 heterocycles. The standard InChI is InChI=1S/C30H28N8O/c1-30(2)16-26(39)32-33-27(30)19-13-14-24-25(15-19)38(29(31-24)18-11-12-18)17-20-7-3-4-8-21(20)22-9-5-6-10-23(22)28-34-36-37-35-28/h3-10,13-15,18H,11-12,16-17H2,1-2H3,(H,32,39)(H,34,35,36,37). The molecule has 1 fully saturated rings. The van der Waals surface area contributed by atoms with Gasteiger partial charge >= 0.3 is 0 Å². The molecule has 1 aliphatic carbocycles. The Hall–Kier alpha value is -4.66. The smallest absolute Gasteiger partial charge is 0.241 e. The van der Waals surface area contributed by atoms with Crippen LogP contribution in [0.2, 0.25) is 0 Å². The third kappa shape index (κ3) is 4.20. The number of aromatic nitrogens is 6. The molecule has 2 aromatic heterocycles. The second-order valence-electron chi connectivity index (χ2n) is 11.0. The van der Waals surface area contributed by atoms with Gasteiger partial charge in [-0.1, -0.05) is 68.4 Å². The topological polar surface area (TPSA) is 114 Å². The van der Waals surface area contributed by atoms with Crippen molar-refractivity contribution in [3.05, 3.63) is 83.7 Å². The first-order valence-electron chi connectivity index (χ1n) is 13.3. The van der Waals surface area contributed by atoms with Gasteiger partial charge in [-0.25, -0.2) is 15.5 Å². The van der Waals surface area contributed by atoms with E-state index in [0.29, 0.717) is 24.7 Å². The molecule has 9 nitrogen and oxygen atoms in total. The Bertz CT molecular complexity index is 1740. The summed E-state index contributed by atoms with van der Waals surface area (Å²) in [5, 5.41) is 19.1. The van der Waals surface area contributed by atoms with Crippen LogP contribution in [0.25, 0.3) is 33.5 Å². The van der Waals surface area contributed by atoms with E-state index in [1.54, 1.807) is 0 Å². The van der Waals surface area contributed by atoms with Crippen molar-refractivity contribution in [1.82, 2.24) is 35.6 Å². The zero-order valence-corrected chi connectivity index (χ0v) is 21.8. The number of amides is 1. The van der Waals surface area contributed by atoms with E-state index in [1.165, 1.54) is 5.56 Å². The fourth-order valence-electron chi connectivity index (χ4n) is 5.65. The number of carbonyl (C=O) groups excluding carboxylic acids is 1. The molecule has 0 atom stereocenters. The Labute approximate surface area is 225 Å². The Morgan fingerprint density at radius 3 is 2.49 bits per heavy atom. The van der Waals surface area contributed by atoms with Crippen molar-refractivity contribution in [3.63, 3.8) is 0 Å². The van der Waals surface area contributed by atoms with Crippen molar-refractivity contribution >= 4 is 22.7 Å². The number of hydrogen-bond acceptors (Lipinski definition) is 6. The summed E-state index contributed by atoms with van der Waals surface area (Å²) in [5.41, 5.74) is 10.6. The van der Waals surface area contributed by atoms with E-state index in [-0.39, 0.29) is 11.3 Å². The van der Waals surface area contributed by atoms with E-state index < -0.39 is 0 Å². The maximum atomic E-state index is 12.0. The van der Waals surface area contributed by atoms with Gasteiger partial charge in [0.05, 0.1) is 16.7 Å². The maximum Gasteiger partial charge on any atom is 0.241 e. The monoisotopic (exact) mass is 516 g/mol. The average molecular weight is 517 g/mol. The van der Waals surface area contributed by atoms with Crippen LogP contribution >= 0.6 is 0 Å². The molecule has 2 aliphatic rings. The summed E-state index contributed by atoms with van der Waals surface area (Å²) in [4.78, 5) is 17.1. The van der Waals surface area contributed by atoms with Gasteiger partial charge in [-0.15, -0.1) is 5.10 Å². The predicted molar refractivity (Wildman–Crippen MR) is 149 cm³/mol. The molecule has 1 aliphatic heterocycles. The van der Waals surface area contributed by atoms with Crippen molar-refractivity contribution in [1.29, 1.82) is 0 Å². The highest BCUT2D eigenvalue weighted by Gasteiger charge is 2.34. The fraction of sp³-hybridized carbons (Fsp3) is 0.267. The summed E-state index contributed by atoms with van der Waals surface area (Å²) < 4.78 is 2.36. The molecule has 9 heteroatoms. The van der Waals surface area contributed by atoms with E-state index >= 15 is 0 Å². The number of hydrogen-bond donors (Lipinski definition) is 2. The highest BCUT2D eigenvalue weighted by molar-refractivity contribution is 6.09. The first kappa shape index (κ1) is 23.5. The number of fused-ring (bicyclic) bond motifs is 1. The summed E-state index contributed by atoms with van der Waals surface area (Å²) in [6.45, 7) is 4.82. The number of nitrogens with zero attached hydrogens (tertiary/aromatic N) is 6. The summed E-state index contributed by atoms with van der Waals surface area (Å²) in [7, 11) is 0. The van der Waals surface area contributed by atoms with Crippen molar-refractivity contribution in [2.75, 3.05) is 0 Å². The Morgan fingerprint density at radius 1 is 0.974 bits per heavy atom. The van der Waals surface area contributed by atoms with Gasteiger partial charge in [0.25, 0.3) is 0 Å². The lowest BCUT2D eigenvalue weighted by Crippen LogP contribution is -2.39. The minimum absolute atomic E-state index is 0.0520.